The molecule has 0 spiro atoms. The second-order valence-corrected chi connectivity index (χ2v) is 2.93. The van der Waals surface area contributed by atoms with E-state index in [1.54, 1.807) is 0 Å². The average Bonchev–Trinajstić information content (AvgIpc) is 2.51. The van der Waals surface area contributed by atoms with Crippen LogP contribution >= 0.6 is 0 Å². The molecule has 2 saturated heterocycles. The van der Waals surface area contributed by atoms with Crippen LogP contribution in [0.4, 0.5) is 0 Å². The van der Waals surface area contributed by atoms with Gasteiger partial charge in [0.25, 0.3) is 0 Å². The Bertz CT molecular complexity index is 204. The van der Waals surface area contributed by atoms with Crippen molar-refractivity contribution in [3.8, 4) is 0 Å². The van der Waals surface area contributed by atoms with Gasteiger partial charge in [-0.25, -0.2) is 0 Å². The average molecular weight is 174 g/mol. The third kappa shape index (κ3) is 1.01. The Kier molecular flexibility index (Phi) is 1.79. The molecule has 4 atom stereocenters. The summed E-state index contributed by atoms with van der Waals surface area (Å²) in [6.07, 6.45) is -2.18. The summed E-state index contributed by atoms with van der Waals surface area (Å²) in [4.78, 5) is 10.7. The Morgan fingerprint density at radius 2 is 2.42 bits per heavy atom. The normalized spacial score (nSPS) is 46.0. The summed E-state index contributed by atoms with van der Waals surface area (Å²) in [5.74, 6) is -0.321. The van der Waals surface area contributed by atoms with Crippen LogP contribution in [-0.4, -0.2) is 42.8 Å². The maximum Gasteiger partial charge on any atom is 0.309 e. The number of aliphatic hydroxyl groups excluding tert-OH is 1. The van der Waals surface area contributed by atoms with E-state index in [-0.39, 0.29) is 18.5 Å². The molecule has 2 aliphatic heterocycles. The number of methoxy groups -OCH3 is 1. The highest BCUT2D eigenvalue weighted by Gasteiger charge is 2.51. The highest BCUT2D eigenvalue weighted by atomic mass is 16.7. The lowest BCUT2D eigenvalue weighted by molar-refractivity contribution is -0.164. The monoisotopic (exact) mass is 174 g/mol. The van der Waals surface area contributed by atoms with Crippen LogP contribution < -0.4 is 0 Å². The highest BCUT2D eigenvalue weighted by Crippen LogP contribution is 2.31. The summed E-state index contributed by atoms with van der Waals surface area (Å²) in [6, 6.07) is 0. The molecule has 5 heteroatoms. The molecule has 2 rings (SSSR count). The minimum atomic E-state index is -0.855. The molecule has 1 N–H and O–H groups in total. The van der Waals surface area contributed by atoms with Crippen molar-refractivity contribution in [2.75, 3.05) is 7.11 Å². The zero-order valence-corrected chi connectivity index (χ0v) is 6.60. The van der Waals surface area contributed by atoms with E-state index < -0.39 is 18.5 Å². The Balaban J connectivity index is 2.08. The Morgan fingerprint density at radius 1 is 1.67 bits per heavy atom. The summed E-state index contributed by atoms with van der Waals surface area (Å²) in [5, 5.41) is 9.45. The fourth-order valence-electron chi connectivity index (χ4n) is 1.57. The van der Waals surface area contributed by atoms with E-state index in [2.05, 4.69) is 0 Å². The van der Waals surface area contributed by atoms with Gasteiger partial charge < -0.3 is 19.3 Å². The van der Waals surface area contributed by atoms with Crippen LogP contribution in [0.15, 0.2) is 0 Å². The Labute approximate surface area is 69.2 Å². The molecule has 0 aromatic carbocycles. The predicted molar refractivity (Wildman–Crippen MR) is 36.2 cm³/mol. The van der Waals surface area contributed by atoms with Gasteiger partial charge in [-0.3, -0.25) is 4.79 Å². The Hall–Kier alpha value is -0.650. The van der Waals surface area contributed by atoms with Gasteiger partial charge in [0.1, 0.15) is 12.2 Å². The van der Waals surface area contributed by atoms with Crippen molar-refractivity contribution in [2.24, 2.45) is 0 Å². The molecular weight excluding hydrogens is 164 g/mol. The molecule has 12 heavy (non-hydrogen) atoms. The largest absolute Gasteiger partial charge is 0.456 e. The number of hydrogen-bond donors (Lipinski definition) is 1. The van der Waals surface area contributed by atoms with Gasteiger partial charge in [0.2, 0.25) is 0 Å². The SMILES string of the molecule is CO[C@@H]1O[C@@H]2CC(=O)O[C@@H]2[C@H]1O. The Morgan fingerprint density at radius 3 is 3.00 bits per heavy atom. The van der Waals surface area contributed by atoms with E-state index in [1.807, 2.05) is 0 Å². The quantitative estimate of drug-likeness (QED) is 0.518. The minimum Gasteiger partial charge on any atom is -0.456 e. The fourth-order valence-corrected chi connectivity index (χ4v) is 1.57. The van der Waals surface area contributed by atoms with E-state index in [0.717, 1.165) is 0 Å². The van der Waals surface area contributed by atoms with E-state index >= 15 is 0 Å². The topological polar surface area (TPSA) is 65.0 Å². The molecule has 0 amide bonds. The first-order valence-corrected chi connectivity index (χ1v) is 3.78. The van der Waals surface area contributed by atoms with Gasteiger partial charge in [-0.1, -0.05) is 0 Å². The van der Waals surface area contributed by atoms with E-state index in [4.69, 9.17) is 14.2 Å². The minimum absolute atomic E-state index is 0.210. The molecular formula is C7H10O5. The van der Waals surface area contributed by atoms with Crippen LogP contribution in [0.2, 0.25) is 0 Å². The third-order valence-electron chi connectivity index (χ3n) is 2.16. The van der Waals surface area contributed by atoms with Gasteiger partial charge in [-0.15, -0.1) is 0 Å². The van der Waals surface area contributed by atoms with Gasteiger partial charge >= 0.3 is 5.97 Å². The molecule has 0 radical (unpaired) electrons. The third-order valence-corrected chi connectivity index (χ3v) is 2.16. The first kappa shape index (κ1) is 7.97. The molecule has 0 bridgehead atoms. The lowest BCUT2D eigenvalue weighted by atomic mass is 10.1. The maximum atomic E-state index is 10.7. The first-order valence-electron chi connectivity index (χ1n) is 3.78. The van der Waals surface area contributed by atoms with Crippen LogP contribution in [0.1, 0.15) is 6.42 Å². The van der Waals surface area contributed by atoms with Gasteiger partial charge in [-0.05, 0) is 0 Å². The number of esters is 1. The van der Waals surface area contributed by atoms with E-state index in [0.29, 0.717) is 0 Å². The van der Waals surface area contributed by atoms with E-state index in [9.17, 15) is 9.90 Å². The molecule has 2 fully saturated rings. The van der Waals surface area contributed by atoms with Crippen LogP contribution in [0.5, 0.6) is 0 Å². The van der Waals surface area contributed by atoms with Crippen molar-refractivity contribution in [3.63, 3.8) is 0 Å². The molecule has 0 aromatic heterocycles. The lowest BCUT2D eigenvalue weighted by Gasteiger charge is -2.14. The smallest absolute Gasteiger partial charge is 0.309 e. The predicted octanol–water partition coefficient (Wildman–Crippen LogP) is -0.966. The van der Waals surface area contributed by atoms with Gasteiger partial charge in [0.05, 0.1) is 6.42 Å². The fraction of sp³-hybridized carbons (Fsp3) is 0.857. The lowest BCUT2D eigenvalue weighted by Crippen LogP contribution is -2.32. The van der Waals surface area contributed by atoms with Gasteiger partial charge in [0, 0.05) is 7.11 Å². The van der Waals surface area contributed by atoms with Crippen molar-refractivity contribution in [1.29, 1.82) is 0 Å². The number of carbonyl (C=O) groups excluding carboxylic acids is 1. The summed E-state index contributed by atoms with van der Waals surface area (Å²) in [7, 11) is 1.44. The van der Waals surface area contributed by atoms with Gasteiger partial charge in [-0.2, -0.15) is 0 Å². The summed E-state index contributed by atoms with van der Waals surface area (Å²) >= 11 is 0. The van der Waals surface area contributed by atoms with Crippen molar-refractivity contribution >= 4 is 5.97 Å². The number of ether oxygens (including phenoxy) is 3. The van der Waals surface area contributed by atoms with Crippen molar-refractivity contribution in [2.45, 2.75) is 31.0 Å². The standard InChI is InChI=1S/C7H10O5/c1-10-7-5(9)6-3(11-7)2-4(8)12-6/h3,5-7,9H,2H2,1H3/t3-,5-,6+,7-/m1/s1. The van der Waals surface area contributed by atoms with E-state index in [1.165, 1.54) is 7.11 Å². The second kappa shape index (κ2) is 2.69. The number of fused-ring (bicyclic) bond motifs is 1. The molecule has 68 valence electrons. The highest BCUT2D eigenvalue weighted by molar-refractivity contribution is 5.72. The van der Waals surface area contributed by atoms with Gasteiger partial charge in [0.15, 0.2) is 12.4 Å². The molecule has 2 heterocycles. The first-order chi connectivity index (χ1) is 5.72. The number of carbonyl (C=O) groups is 1. The molecule has 5 nitrogen and oxygen atoms in total. The molecule has 0 aliphatic carbocycles. The molecule has 0 unspecified atom stereocenters. The number of rotatable bonds is 1. The van der Waals surface area contributed by atoms with Crippen LogP contribution in [-0.2, 0) is 19.0 Å². The van der Waals surface area contributed by atoms with Crippen molar-refractivity contribution in [3.05, 3.63) is 0 Å². The van der Waals surface area contributed by atoms with Crippen molar-refractivity contribution in [1.82, 2.24) is 0 Å². The summed E-state index contributed by atoms with van der Waals surface area (Å²) in [6.45, 7) is 0. The molecule has 0 saturated carbocycles. The number of aliphatic hydroxyl groups is 1. The zero-order chi connectivity index (χ0) is 8.72. The summed E-state index contributed by atoms with van der Waals surface area (Å²) in [5.41, 5.74) is 0. The zero-order valence-electron chi connectivity index (χ0n) is 6.60. The molecule has 0 aromatic rings. The van der Waals surface area contributed by atoms with Crippen LogP contribution in [0.25, 0.3) is 0 Å². The summed E-state index contributed by atoms with van der Waals surface area (Å²) < 4.78 is 14.9. The molecule has 2 aliphatic rings. The maximum absolute atomic E-state index is 10.7. The van der Waals surface area contributed by atoms with Crippen molar-refractivity contribution < 1.29 is 24.1 Å². The second-order valence-electron chi connectivity index (χ2n) is 2.93. The van der Waals surface area contributed by atoms with Crippen LogP contribution in [0, 0.1) is 0 Å². The van der Waals surface area contributed by atoms with Crippen LogP contribution in [0.3, 0.4) is 0 Å². The number of hydrogen-bond acceptors (Lipinski definition) is 5.